The lowest BCUT2D eigenvalue weighted by Gasteiger charge is -2.08. The number of nitrogens with one attached hydrogen (secondary N) is 1. The van der Waals surface area contributed by atoms with Gasteiger partial charge in [-0.25, -0.2) is 8.78 Å². The average molecular weight is 328 g/mol. The highest BCUT2D eigenvalue weighted by molar-refractivity contribution is 9.10. The molecule has 0 fully saturated rings. The normalized spacial score (nSPS) is 10.3. The number of benzene rings is 2. The van der Waals surface area contributed by atoms with Crippen LogP contribution in [0.3, 0.4) is 0 Å². The van der Waals surface area contributed by atoms with E-state index < -0.39 is 17.5 Å². The van der Waals surface area contributed by atoms with Crippen LogP contribution in [0.5, 0.6) is 5.75 Å². The maximum Gasteiger partial charge on any atom is 0.258 e. The molecule has 0 spiro atoms. The minimum absolute atomic E-state index is 0.137. The number of hydrogen-bond acceptors (Lipinski definition) is 2. The molecular weight excluding hydrogens is 320 g/mol. The molecule has 0 atom stereocenters. The van der Waals surface area contributed by atoms with Crippen molar-refractivity contribution < 1.29 is 18.7 Å². The van der Waals surface area contributed by atoms with Gasteiger partial charge in [0.15, 0.2) is 0 Å². The Morgan fingerprint density at radius 1 is 1.21 bits per heavy atom. The molecule has 0 saturated carbocycles. The van der Waals surface area contributed by atoms with E-state index in [1.807, 2.05) is 0 Å². The van der Waals surface area contributed by atoms with Crippen molar-refractivity contribution in [2.75, 3.05) is 5.32 Å². The van der Waals surface area contributed by atoms with Crippen molar-refractivity contribution in [2.24, 2.45) is 0 Å². The van der Waals surface area contributed by atoms with Gasteiger partial charge >= 0.3 is 0 Å². The summed E-state index contributed by atoms with van der Waals surface area (Å²) in [4.78, 5) is 11.8. The van der Waals surface area contributed by atoms with E-state index >= 15 is 0 Å². The standard InChI is InChI=1S/C13H8BrF2NO2/c14-9-3-1-2-8(12(9)16)13(19)17-11-5-4-7(18)6-10(11)15/h1-6,18H,(H,17,19). The quantitative estimate of drug-likeness (QED) is 0.826. The SMILES string of the molecule is O=C(Nc1ccc(O)cc1F)c1cccc(Br)c1F. The van der Waals surface area contributed by atoms with Gasteiger partial charge in [0.05, 0.1) is 15.7 Å². The summed E-state index contributed by atoms with van der Waals surface area (Å²) in [5, 5.41) is 11.3. The molecule has 0 radical (unpaired) electrons. The van der Waals surface area contributed by atoms with E-state index in [1.165, 1.54) is 30.3 Å². The van der Waals surface area contributed by atoms with Gasteiger partial charge in [-0.05, 0) is 40.2 Å². The zero-order chi connectivity index (χ0) is 14.0. The predicted octanol–water partition coefficient (Wildman–Crippen LogP) is 3.69. The molecule has 98 valence electrons. The first-order valence-electron chi connectivity index (χ1n) is 5.23. The number of anilines is 1. The fourth-order valence-electron chi connectivity index (χ4n) is 1.47. The predicted molar refractivity (Wildman–Crippen MR) is 70.1 cm³/mol. The van der Waals surface area contributed by atoms with E-state index in [0.29, 0.717) is 0 Å². The smallest absolute Gasteiger partial charge is 0.258 e. The molecule has 2 aromatic rings. The third-order valence-corrected chi connectivity index (χ3v) is 3.01. The summed E-state index contributed by atoms with van der Waals surface area (Å²) >= 11 is 2.96. The van der Waals surface area contributed by atoms with Crippen molar-refractivity contribution in [3.05, 3.63) is 58.1 Å². The second-order valence-corrected chi connectivity index (χ2v) is 4.57. The number of amides is 1. The lowest BCUT2D eigenvalue weighted by atomic mass is 10.2. The van der Waals surface area contributed by atoms with Gasteiger partial charge in [0.1, 0.15) is 17.4 Å². The Balaban J connectivity index is 2.28. The zero-order valence-electron chi connectivity index (χ0n) is 9.45. The van der Waals surface area contributed by atoms with Crippen molar-refractivity contribution in [3.8, 4) is 5.75 Å². The fourth-order valence-corrected chi connectivity index (χ4v) is 1.84. The molecule has 6 heteroatoms. The Kier molecular flexibility index (Phi) is 3.80. The monoisotopic (exact) mass is 327 g/mol. The molecule has 0 bridgehead atoms. The summed E-state index contributed by atoms with van der Waals surface area (Å²) in [6, 6.07) is 7.50. The third kappa shape index (κ3) is 2.90. The van der Waals surface area contributed by atoms with Crippen LogP contribution in [-0.2, 0) is 0 Å². The molecule has 0 heterocycles. The number of rotatable bonds is 2. The molecule has 19 heavy (non-hydrogen) atoms. The molecule has 2 aromatic carbocycles. The van der Waals surface area contributed by atoms with Gasteiger partial charge in [-0.3, -0.25) is 4.79 Å². The summed E-state index contributed by atoms with van der Waals surface area (Å²) < 4.78 is 27.3. The van der Waals surface area contributed by atoms with Gasteiger partial charge in [-0.15, -0.1) is 0 Å². The van der Waals surface area contributed by atoms with Crippen LogP contribution < -0.4 is 5.32 Å². The van der Waals surface area contributed by atoms with E-state index in [9.17, 15) is 13.6 Å². The van der Waals surface area contributed by atoms with Gasteiger partial charge in [-0.2, -0.15) is 0 Å². The number of phenols is 1. The molecule has 0 aliphatic heterocycles. The van der Waals surface area contributed by atoms with Crippen molar-refractivity contribution in [2.45, 2.75) is 0 Å². The molecule has 0 aromatic heterocycles. The van der Waals surface area contributed by atoms with Gasteiger partial charge in [0.25, 0.3) is 5.91 Å². The van der Waals surface area contributed by atoms with E-state index in [1.54, 1.807) is 0 Å². The fraction of sp³-hybridized carbons (Fsp3) is 0. The highest BCUT2D eigenvalue weighted by Gasteiger charge is 2.15. The number of carbonyl (C=O) groups excluding carboxylic acids is 1. The lowest BCUT2D eigenvalue weighted by Crippen LogP contribution is -2.14. The van der Waals surface area contributed by atoms with Crippen molar-refractivity contribution in [3.63, 3.8) is 0 Å². The van der Waals surface area contributed by atoms with Crippen molar-refractivity contribution >= 4 is 27.5 Å². The van der Waals surface area contributed by atoms with Crippen LogP contribution in [0.1, 0.15) is 10.4 Å². The van der Waals surface area contributed by atoms with E-state index in [2.05, 4.69) is 21.2 Å². The third-order valence-electron chi connectivity index (χ3n) is 2.40. The number of phenolic OH excluding ortho intramolecular Hbond substituents is 1. The van der Waals surface area contributed by atoms with Crippen LogP contribution in [0, 0.1) is 11.6 Å². The van der Waals surface area contributed by atoms with Crippen molar-refractivity contribution in [1.29, 1.82) is 0 Å². The highest BCUT2D eigenvalue weighted by Crippen LogP contribution is 2.22. The van der Waals surface area contributed by atoms with E-state index in [4.69, 9.17) is 5.11 Å². The van der Waals surface area contributed by atoms with Crippen LogP contribution in [0.2, 0.25) is 0 Å². The molecule has 2 rings (SSSR count). The summed E-state index contributed by atoms with van der Waals surface area (Å²) in [5.74, 6) is -2.56. The molecular formula is C13H8BrF2NO2. The summed E-state index contributed by atoms with van der Waals surface area (Å²) in [7, 11) is 0. The molecule has 0 aliphatic rings. The van der Waals surface area contributed by atoms with Gasteiger partial charge in [0.2, 0.25) is 0 Å². The number of halogens is 3. The molecule has 2 N–H and O–H groups in total. The summed E-state index contributed by atoms with van der Waals surface area (Å²) in [6.07, 6.45) is 0. The first-order chi connectivity index (χ1) is 8.99. The minimum Gasteiger partial charge on any atom is -0.508 e. The molecule has 0 aliphatic carbocycles. The Morgan fingerprint density at radius 2 is 1.95 bits per heavy atom. The largest absolute Gasteiger partial charge is 0.508 e. The molecule has 0 saturated heterocycles. The van der Waals surface area contributed by atoms with Crippen LogP contribution in [-0.4, -0.2) is 11.0 Å². The maximum atomic E-state index is 13.7. The van der Waals surface area contributed by atoms with Crippen LogP contribution in [0.25, 0.3) is 0 Å². The maximum absolute atomic E-state index is 13.7. The summed E-state index contributed by atoms with van der Waals surface area (Å²) in [5.41, 5.74) is -0.343. The minimum atomic E-state index is -0.802. The first kappa shape index (κ1) is 13.5. The van der Waals surface area contributed by atoms with Crippen LogP contribution in [0.15, 0.2) is 40.9 Å². The molecule has 3 nitrogen and oxygen atoms in total. The highest BCUT2D eigenvalue weighted by atomic mass is 79.9. The van der Waals surface area contributed by atoms with Gasteiger partial charge in [0, 0.05) is 6.07 Å². The Hall–Kier alpha value is -1.95. The van der Waals surface area contributed by atoms with Gasteiger partial charge < -0.3 is 10.4 Å². The molecule has 0 unspecified atom stereocenters. The van der Waals surface area contributed by atoms with Gasteiger partial charge in [-0.1, -0.05) is 6.07 Å². The summed E-state index contributed by atoms with van der Waals surface area (Å²) in [6.45, 7) is 0. The Morgan fingerprint density at radius 3 is 2.63 bits per heavy atom. The second-order valence-electron chi connectivity index (χ2n) is 3.72. The molecule has 1 amide bonds. The number of hydrogen-bond donors (Lipinski definition) is 2. The van der Waals surface area contributed by atoms with E-state index in [-0.39, 0.29) is 21.5 Å². The number of aromatic hydroxyl groups is 1. The number of carbonyl (C=O) groups is 1. The second kappa shape index (κ2) is 5.36. The Bertz CT molecular complexity index is 647. The lowest BCUT2D eigenvalue weighted by molar-refractivity contribution is 0.102. The zero-order valence-corrected chi connectivity index (χ0v) is 11.0. The van der Waals surface area contributed by atoms with Crippen LogP contribution in [0.4, 0.5) is 14.5 Å². The van der Waals surface area contributed by atoms with Crippen LogP contribution >= 0.6 is 15.9 Å². The van der Waals surface area contributed by atoms with Crippen molar-refractivity contribution in [1.82, 2.24) is 0 Å². The Labute approximate surface area is 116 Å². The topological polar surface area (TPSA) is 49.3 Å². The average Bonchev–Trinajstić information content (AvgIpc) is 2.36. The first-order valence-corrected chi connectivity index (χ1v) is 6.02. The van der Waals surface area contributed by atoms with E-state index in [0.717, 1.165) is 6.07 Å².